The van der Waals surface area contributed by atoms with Crippen molar-refractivity contribution in [1.82, 2.24) is 0 Å². The fourth-order valence-electron chi connectivity index (χ4n) is 2.81. The van der Waals surface area contributed by atoms with Crippen LogP contribution in [-0.4, -0.2) is 11.1 Å². The van der Waals surface area contributed by atoms with Gasteiger partial charge in [0.25, 0.3) is 0 Å². The molecule has 0 aromatic heterocycles. The van der Waals surface area contributed by atoms with Crippen LogP contribution in [0.5, 0.6) is 0 Å². The van der Waals surface area contributed by atoms with Gasteiger partial charge in [-0.2, -0.15) is 0 Å². The summed E-state index contributed by atoms with van der Waals surface area (Å²) >= 11 is 3.44. The first-order chi connectivity index (χ1) is 9.16. The molecule has 0 aliphatic heterocycles. The highest BCUT2D eigenvalue weighted by Gasteiger charge is 2.29. The zero-order valence-corrected chi connectivity index (χ0v) is 11.9. The minimum absolute atomic E-state index is 0.564. The maximum Gasteiger partial charge on any atom is 0.315 e. The molecule has 0 amide bonds. The summed E-state index contributed by atoms with van der Waals surface area (Å²) in [7, 11) is 0. The third-order valence-corrected chi connectivity index (χ3v) is 4.19. The third kappa shape index (κ3) is 2.19. The lowest BCUT2D eigenvalue weighted by atomic mass is 9.88. The van der Waals surface area contributed by atoms with Gasteiger partial charge < -0.3 is 5.11 Å². The first-order valence-electron chi connectivity index (χ1n) is 6.26. The highest BCUT2D eigenvalue weighted by atomic mass is 79.9. The molecular weight excluding hydrogens is 304 g/mol. The fraction of sp³-hybridized carbons (Fsp3) is 0.188. The molecule has 1 aliphatic rings. The Labute approximate surface area is 120 Å². The molecule has 3 heteroatoms. The SMILES string of the molecule is O=C(O)[C@@H]1c2ccccc2CCc2ccc(Br)cc21. The molecule has 1 atom stereocenters. The summed E-state index contributed by atoms with van der Waals surface area (Å²) in [6, 6.07) is 13.8. The standard InChI is InChI=1S/C16H13BrO2/c17-12-8-7-11-6-5-10-3-1-2-4-13(10)15(16(18)19)14(11)9-12/h1-4,7-9,15H,5-6H2,(H,18,19)/t15-/m1/s1. The Hall–Kier alpha value is -1.61. The van der Waals surface area contributed by atoms with Crippen LogP contribution < -0.4 is 0 Å². The molecule has 0 spiro atoms. The second-order valence-corrected chi connectivity index (χ2v) is 5.73. The Morgan fingerprint density at radius 1 is 1.05 bits per heavy atom. The van der Waals surface area contributed by atoms with Crippen LogP contribution in [0.15, 0.2) is 46.9 Å². The lowest BCUT2D eigenvalue weighted by Crippen LogP contribution is -2.14. The third-order valence-electron chi connectivity index (χ3n) is 3.70. The fourth-order valence-corrected chi connectivity index (χ4v) is 3.19. The van der Waals surface area contributed by atoms with E-state index in [1.54, 1.807) is 0 Å². The number of benzene rings is 2. The first kappa shape index (κ1) is 12.4. The number of rotatable bonds is 1. The average Bonchev–Trinajstić information content (AvgIpc) is 2.54. The van der Waals surface area contributed by atoms with E-state index in [2.05, 4.69) is 15.9 Å². The van der Waals surface area contributed by atoms with Gasteiger partial charge in [-0.05, 0) is 47.2 Å². The summed E-state index contributed by atoms with van der Waals surface area (Å²) in [5, 5.41) is 9.63. The summed E-state index contributed by atoms with van der Waals surface area (Å²) in [6.45, 7) is 0. The normalized spacial score (nSPS) is 17.2. The molecule has 0 bridgehead atoms. The van der Waals surface area contributed by atoms with Gasteiger partial charge in [0.15, 0.2) is 0 Å². The van der Waals surface area contributed by atoms with Crippen LogP contribution >= 0.6 is 15.9 Å². The van der Waals surface area contributed by atoms with Gasteiger partial charge in [-0.3, -0.25) is 4.79 Å². The van der Waals surface area contributed by atoms with E-state index in [-0.39, 0.29) is 0 Å². The van der Waals surface area contributed by atoms with Crippen molar-refractivity contribution in [3.05, 3.63) is 69.2 Å². The predicted molar refractivity (Wildman–Crippen MR) is 77.5 cm³/mol. The number of hydrogen-bond donors (Lipinski definition) is 1. The van der Waals surface area contributed by atoms with Crippen LogP contribution in [0, 0.1) is 0 Å². The Morgan fingerprint density at radius 3 is 2.47 bits per heavy atom. The van der Waals surface area contributed by atoms with Crippen molar-refractivity contribution in [3.63, 3.8) is 0 Å². The number of aliphatic carboxylic acids is 1. The van der Waals surface area contributed by atoms with E-state index in [0.717, 1.165) is 39.6 Å². The van der Waals surface area contributed by atoms with Crippen LogP contribution in [-0.2, 0) is 17.6 Å². The molecule has 2 nitrogen and oxygen atoms in total. The molecule has 3 rings (SSSR count). The van der Waals surface area contributed by atoms with Crippen molar-refractivity contribution in [2.45, 2.75) is 18.8 Å². The van der Waals surface area contributed by atoms with Gasteiger partial charge in [-0.15, -0.1) is 0 Å². The molecule has 0 fully saturated rings. The molecule has 96 valence electrons. The molecule has 2 aromatic rings. The Balaban J connectivity index is 2.25. The zero-order chi connectivity index (χ0) is 13.4. The quantitative estimate of drug-likeness (QED) is 0.869. The van der Waals surface area contributed by atoms with Gasteiger partial charge in [-0.1, -0.05) is 46.3 Å². The Kier molecular flexibility index (Phi) is 3.15. The minimum atomic E-state index is -0.784. The molecule has 0 radical (unpaired) electrons. The highest BCUT2D eigenvalue weighted by molar-refractivity contribution is 9.10. The monoisotopic (exact) mass is 316 g/mol. The van der Waals surface area contributed by atoms with E-state index in [4.69, 9.17) is 0 Å². The van der Waals surface area contributed by atoms with Gasteiger partial charge in [0.2, 0.25) is 0 Å². The van der Waals surface area contributed by atoms with E-state index in [0.29, 0.717) is 0 Å². The van der Waals surface area contributed by atoms with Crippen LogP contribution in [0.3, 0.4) is 0 Å². The predicted octanol–water partition coefficient (Wildman–Crippen LogP) is 3.76. The average molecular weight is 317 g/mol. The van der Waals surface area contributed by atoms with Gasteiger partial charge >= 0.3 is 5.97 Å². The van der Waals surface area contributed by atoms with E-state index in [1.165, 1.54) is 0 Å². The van der Waals surface area contributed by atoms with E-state index < -0.39 is 11.9 Å². The summed E-state index contributed by atoms with van der Waals surface area (Å²) in [5.74, 6) is -1.35. The minimum Gasteiger partial charge on any atom is -0.481 e. The number of carboxylic acids is 1. The molecule has 1 aliphatic carbocycles. The van der Waals surface area contributed by atoms with Crippen LogP contribution in [0.4, 0.5) is 0 Å². The largest absolute Gasteiger partial charge is 0.481 e. The zero-order valence-electron chi connectivity index (χ0n) is 10.3. The lowest BCUT2D eigenvalue weighted by molar-refractivity contribution is -0.137. The van der Waals surface area contributed by atoms with Crippen LogP contribution in [0.25, 0.3) is 0 Å². The second-order valence-electron chi connectivity index (χ2n) is 4.81. The van der Waals surface area contributed by atoms with Gasteiger partial charge in [0, 0.05) is 4.47 Å². The molecule has 0 unspecified atom stereocenters. The van der Waals surface area contributed by atoms with Crippen LogP contribution in [0.2, 0.25) is 0 Å². The van der Waals surface area contributed by atoms with E-state index in [9.17, 15) is 9.90 Å². The second kappa shape index (κ2) is 4.82. The number of halogens is 1. The maximum absolute atomic E-state index is 11.7. The molecular formula is C16H13BrO2. The number of carboxylic acid groups (broad SMARTS) is 1. The lowest BCUT2D eigenvalue weighted by Gasteiger charge is -2.16. The van der Waals surface area contributed by atoms with Crippen molar-refractivity contribution in [2.24, 2.45) is 0 Å². The molecule has 1 N–H and O–H groups in total. The highest BCUT2D eigenvalue weighted by Crippen LogP contribution is 2.35. The summed E-state index contributed by atoms with van der Waals surface area (Å²) in [6.07, 6.45) is 1.79. The van der Waals surface area contributed by atoms with Crippen molar-refractivity contribution in [1.29, 1.82) is 0 Å². The van der Waals surface area contributed by atoms with Gasteiger partial charge in [-0.25, -0.2) is 0 Å². The van der Waals surface area contributed by atoms with Crippen molar-refractivity contribution < 1.29 is 9.90 Å². The van der Waals surface area contributed by atoms with Gasteiger partial charge in [0.05, 0.1) is 0 Å². The molecule has 0 heterocycles. The van der Waals surface area contributed by atoms with Crippen molar-refractivity contribution in [3.8, 4) is 0 Å². The van der Waals surface area contributed by atoms with Crippen molar-refractivity contribution >= 4 is 21.9 Å². The molecule has 2 aromatic carbocycles. The topological polar surface area (TPSA) is 37.3 Å². The number of aryl methyl sites for hydroxylation is 2. The number of hydrogen-bond acceptors (Lipinski definition) is 1. The Morgan fingerprint density at radius 2 is 1.74 bits per heavy atom. The summed E-state index contributed by atoms with van der Waals surface area (Å²) in [4.78, 5) is 11.7. The smallest absolute Gasteiger partial charge is 0.315 e. The molecule has 19 heavy (non-hydrogen) atoms. The molecule has 0 saturated carbocycles. The number of fused-ring (bicyclic) bond motifs is 2. The Bertz CT molecular complexity index is 649. The summed E-state index contributed by atoms with van der Waals surface area (Å²) < 4.78 is 0.928. The summed E-state index contributed by atoms with van der Waals surface area (Å²) in [5.41, 5.74) is 4.10. The molecule has 0 saturated heterocycles. The maximum atomic E-state index is 11.7. The van der Waals surface area contributed by atoms with E-state index in [1.807, 2.05) is 42.5 Å². The first-order valence-corrected chi connectivity index (χ1v) is 7.05. The van der Waals surface area contributed by atoms with Gasteiger partial charge in [0.1, 0.15) is 5.92 Å². The van der Waals surface area contributed by atoms with Crippen molar-refractivity contribution in [2.75, 3.05) is 0 Å². The van der Waals surface area contributed by atoms with Crippen LogP contribution in [0.1, 0.15) is 28.2 Å². The van der Waals surface area contributed by atoms with E-state index >= 15 is 0 Å². The number of carbonyl (C=O) groups is 1.